The lowest BCUT2D eigenvalue weighted by atomic mass is 10.2. The number of hydrogen-bond acceptors (Lipinski definition) is 7. The topological polar surface area (TPSA) is 82.0 Å². The Balaban J connectivity index is 2.06. The Morgan fingerprint density at radius 2 is 1.73 bits per heavy atom. The molecule has 162 valence electrons. The summed E-state index contributed by atoms with van der Waals surface area (Å²) in [4.78, 5) is 12.9. The van der Waals surface area contributed by atoms with Crippen molar-refractivity contribution in [3.63, 3.8) is 0 Å². The summed E-state index contributed by atoms with van der Waals surface area (Å²) in [5.41, 5.74) is 0.665. The van der Waals surface area contributed by atoms with Crippen LogP contribution in [0.25, 0.3) is 10.2 Å². The van der Waals surface area contributed by atoms with Gasteiger partial charge in [-0.25, -0.2) is 23.4 Å². The summed E-state index contributed by atoms with van der Waals surface area (Å²) >= 11 is 7.11. The van der Waals surface area contributed by atoms with E-state index in [9.17, 15) is 8.42 Å². The first-order valence-corrected chi connectivity index (χ1v) is 15.2. The minimum absolute atomic E-state index is 0.0778. The molecular formula is C20H26ClN3O3S2Si. The number of thiazole rings is 1. The molecule has 0 bridgehead atoms. The summed E-state index contributed by atoms with van der Waals surface area (Å²) in [6.45, 7) is 12.1. The van der Waals surface area contributed by atoms with Crippen LogP contribution in [0, 0.1) is 0 Å². The number of fused-ring (bicyclic) bond motifs is 1. The van der Waals surface area contributed by atoms with E-state index in [0.717, 1.165) is 4.70 Å². The maximum absolute atomic E-state index is 13.5. The first kappa shape index (κ1) is 23.3. The fourth-order valence-corrected chi connectivity index (χ4v) is 7.04. The molecule has 0 saturated heterocycles. The number of hydrogen-bond donors (Lipinski definition) is 0. The number of aromatic nitrogens is 3. The Morgan fingerprint density at radius 1 is 1.13 bits per heavy atom. The average Bonchev–Trinajstić information content (AvgIpc) is 3.10. The van der Waals surface area contributed by atoms with Gasteiger partial charge < -0.3 is 4.43 Å². The minimum atomic E-state index is -3.78. The van der Waals surface area contributed by atoms with E-state index in [1.54, 1.807) is 13.0 Å². The number of halogens is 1. The van der Waals surface area contributed by atoms with Gasteiger partial charge in [-0.2, -0.15) is 0 Å². The number of para-hydroxylation sites is 1. The normalized spacial score (nSPS) is 15.3. The molecule has 2 aromatic heterocycles. The van der Waals surface area contributed by atoms with Gasteiger partial charge in [-0.3, -0.25) is 0 Å². The van der Waals surface area contributed by atoms with Crippen LogP contribution in [0.2, 0.25) is 23.2 Å². The first-order valence-electron chi connectivity index (χ1n) is 9.58. The van der Waals surface area contributed by atoms with Crippen molar-refractivity contribution in [3.8, 4) is 0 Å². The Labute approximate surface area is 187 Å². The van der Waals surface area contributed by atoms with E-state index in [2.05, 4.69) is 48.8 Å². The quantitative estimate of drug-likeness (QED) is 0.420. The number of sulfone groups is 1. The Kier molecular flexibility index (Phi) is 6.42. The number of nitrogens with zero attached hydrogens (tertiary/aromatic N) is 3. The molecule has 6 nitrogen and oxygen atoms in total. The zero-order valence-corrected chi connectivity index (χ0v) is 21.3. The Morgan fingerprint density at radius 3 is 2.30 bits per heavy atom. The van der Waals surface area contributed by atoms with Crippen molar-refractivity contribution >= 4 is 51.3 Å². The molecule has 0 fully saturated rings. The smallest absolute Gasteiger partial charge is 0.210 e. The third-order valence-electron chi connectivity index (χ3n) is 5.56. The Hall–Kier alpha value is -1.39. The highest BCUT2D eigenvalue weighted by Gasteiger charge is 2.44. The van der Waals surface area contributed by atoms with Gasteiger partial charge in [-0.05, 0) is 37.2 Å². The van der Waals surface area contributed by atoms with Gasteiger partial charge in [-0.1, -0.05) is 44.5 Å². The fraction of sp³-hybridized carbons (Fsp3) is 0.450. The molecule has 0 aliphatic heterocycles. The molecule has 2 heterocycles. The van der Waals surface area contributed by atoms with Crippen LogP contribution in [-0.2, 0) is 14.3 Å². The third kappa shape index (κ3) is 4.60. The van der Waals surface area contributed by atoms with Crippen molar-refractivity contribution < 1.29 is 12.8 Å². The largest absolute Gasteiger partial charge is 0.405 e. The summed E-state index contributed by atoms with van der Waals surface area (Å²) in [6.07, 6.45) is 2.09. The van der Waals surface area contributed by atoms with Crippen molar-refractivity contribution in [2.75, 3.05) is 0 Å². The molecular weight excluding hydrogens is 458 g/mol. The van der Waals surface area contributed by atoms with Gasteiger partial charge >= 0.3 is 0 Å². The molecule has 1 aromatic carbocycles. The van der Waals surface area contributed by atoms with Crippen LogP contribution in [-0.4, -0.2) is 36.9 Å². The van der Waals surface area contributed by atoms with E-state index in [4.69, 9.17) is 16.0 Å². The molecule has 0 amide bonds. The first-order chi connectivity index (χ1) is 13.8. The van der Waals surface area contributed by atoms with E-state index in [1.165, 1.54) is 23.7 Å². The second kappa shape index (κ2) is 8.27. The highest BCUT2D eigenvalue weighted by Crippen LogP contribution is 2.42. The molecule has 0 spiro atoms. The summed E-state index contributed by atoms with van der Waals surface area (Å²) in [5.74, 6) is 0.307. The summed E-state index contributed by atoms with van der Waals surface area (Å²) in [7, 11) is -6.12. The predicted octanol–water partition coefficient (Wildman–Crippen LogP) is 5.67. The molecule has 0 aliphatic carbocycles. The van der Waals surface area contributed by atoms with Crippen LogP contribution in [0.5, 0.6) is 0 Å². The van der Waals surface area contributed by atoms with Gasteiger partial charge in [0, 0.05) is 12.4 Å². The van der Waals surface area contributed by atoms with E-state index >= 15 is 0 Å². The lowest BCUT2D eigenvalue weighted by molar-refractivity contribution is 0.172. The van der Waals surface area contributed by atoms with Crippen LogP contribution in [0.4, 0.5) is 0 Å². The van der Waals surface area contributed by atoms with E-state index in [-0.39, 0.29) is 9.38 Å². The molecule has 10 heteroatoms. The van der Waals surface area contributed by atoms with Crippen molar-refractivity contribution in [2.24, 2.45) is 0 Å². The molecule has 0 unspecified atom stereocenters. The molecule has 3 rings (SSSR count). The van der Waals surface area contributed by atoms with Crippen molar-refractivity contribution in [3.05, 3.63) is 47.5 Å². The highest BCUT2D eigenvalue weighted by atomic mass is 35.5. The van der Waals surface area contributed by atoms with Gasteiger partial charge in [-0.15, -0.1) is 11.3 Å². The Bertz CT molecular complexity index is 1110. The lowest BCUT2D eigenvalue weighted by Gasteiger charge is -2.40. The van der Waals surface area contributed by atoms with Crippen LogP contribution in [0.3, 0.4) is 0 Å². The summed E-state index contributed by atoms with van der Waals surface area (Å²) in [5, 5.41) is -0.656. The molecule has 2 atom stereocenters. The summed E-state index contributed by atoms with van der Waals surface area (Å²) in [6, 6.07) is 7.38. The van der Waals surface area contributed by atoms with Crippen LogP contribution < -0.4 is 0 Å². The van der Waals surface area contributed by atoms with E-state index in [0.29, 0.717) is 16.4 Å². The predicted molar refractivity (Wildman–Crippen MR) is 124 cm³/mol. The molecule has 3 aromatic rings. The lowest BCUT2D eigenvalue weighted by Crippen LogP contribution is -2.45. The van der Waals surface area contributed by atoms with E-state index < -0.39 is 29.5 Å². The van der Waals surface area contributed by atoms with Gasteiger partial charge in [0.2, 0.25) is 14.2 Å². The average molecular weight is 484 g/mol. The maximum atomic E-state index is 13.5. The minimum Gasteiger partial charge on any atom is -0.405 e. The monoisotopic (exact) mass is 483 g/mol. The van der Waals surface area contributed by atoms with Gasteiger partial charge in [0.15, 0.2) is 14.1 Å². The van der Waals surface area contributed by atoms with E-state index in [1.807, 2.05) is 18.2 Å². The fourth-order valence-electron chi connectivity index (χ4n) is 2.62. The maximum Gasteiger partial charge on any atom is 0.210 e. The number of benzene rings is 1. The van der Waals surface area contributed by atoms with Crippen molar-refractivity contribution in [2.45, 2.75) is 61.5 Å². The summed E-state index contributed by atoms with van der Waals surface area (Å²) < 4.78 is 34.5. The van der Waals surface area contributed by atoms with Crippen LogP contribution in [0.15, 0.2) is 41.0 Å². The molecule has 30 heavy (non-hydrogen) atoms. The zero-order chi connectivity index (χ0) is 22.3. The number of rotatable bonds is 6. The second-order valence-electron chi connectivity index (χ2n) is 8.76. The zero-order valence-electron chi connectivity index (χ0n) is 17.9. The van der Waals surface area contributed by atoms with Gasteiger partial charge in [0.1, 0.15) is 6.10 Å². The SMILES string of the molecule is C[C@@H]([C@H](O[Si](C)(C)C(C)(C)C)c1ncc(Cl)cn1)S(=O)(=O)c1nc2ccccc2s1. The third-order valence-corrected chi connectivity index (χ3v) is 13.8. The van der Waals surface area contributed by atoms with Crippen molar-refractivity contribution in [1.29, 1.82) is 0 Å². The van der Waals surface area contributed by atoms with Gasteiger partial charge in [0.25, 0.3) is 0 Å². The van der Waals surface area contributed by atoms with Crippen LogP contribution in [0.1, 0.15) is 39.6 Å². The van der Waals surface area contributed by atoms with Crippen molar-refractivity contribution in [1.82, 2.24) is 15.0 Å². The van der Waals surface area contributed by atoms with Crippen LogP contribution >= 0.6 is 22.9 Å². The molecule has 0 radical (unpaired) electrons. The molecule has 0 saturated carbocycles. The molecule has 0 N–H and O–H groups in total. The highest BCUT2D eigenvalue weighted by molar-refractivity contribution is 7.94. The molecule has 0 aliphatic rings. The standard InChI is InChI=1S/C20H26ClN3O3S2Si/c1-13(29(25,26)19-24-15-9-7-8-10-16(15)28-19)17(18-22-11-14(21)12-23-18)27-30(5,6)20(2,3)4/h7-13,17H,1-6H3/t13-,17-/m0/s1. The second-order valence-corrected chi connectivity index (χ2v) is 17.5. The van der Waals surface area contributed by atoms with Gasteiger partial charge in [0.05, 0.1) is 20.5 Å².